The van der Waals surface area contributed by atoms with Gasteiger partial charge in [-0.15, -0.1) is 10.2 Å². The maximum atomic E-state index is 12.9. The number of aryl methyl sites for hydroxylation is 1. The first kappa shape index (κ1) is 19.6. The number of rotatable bonds is 6. The lowest BCUT2D eigenvalue weighted by Crippen LogP contribution is -2.29. The van der Waals surface area contributed by atoms with Gasteiger partial charge in [0.2, 0.25) is 0 Å². The van der Waals surface area contributed by atoms with Crippen LogP contribution in [-0.2, 0) is 11.2 Å². The van der Waals surface area contributed by atoms with E-state index in [0.29, 0.717) is 34.4 Å². The molecule has 0 saturated carbocycles. The topological polar surface area (TPSA) is 103 Å². The Kier molecular flexibility index (Phi) is 5.31. The fourth-order valence-corrected chi connectivity index (χ4v) is 4.71. The Labute approximate surface area is 187 Å². The van der Waals surface area contributed by atoms with Crippen LogP contribution in [0.2, 0.25) is 0 Å². The molecule has 0 atom stereocenters. The van der Waals surface area contributed by atoms with E-state index in [1.807, 2.05) is 42.6 Å². The predicted octanol–water partition coefficient (Wildman–Crippen LogP) is 3.58. The predicted molar refractivity (Wildman–Crippen MR) is 124 cm³/mol. The number of thiocarbonyl (C=S) groups is 1. The van der Waals surface area contributed by atoms with Gasteiger partial charge < -0.3 is 4.98 Å². The minimum absolute atomic E-state index is 0.0935. The van der Waals surface area contributed by atoms with E-state index in [1.165, 1.54) is 11.8 Å². The average molecular weight is 448 g/mol. The van der Waals surface area contributed by atoms with Crippen LogP contribution in [0.3, 0.4) is 0 Å². The Morgan fingerprint density at radius 3 is 3.00 bits per heavy atom. The second kappa shape index (κ2) is 8.40. The number of fused-ring (bicyclic) bond motifs is 1. The van der Waals surface area contributed by atoms with Crippen molar-refractivity contribution in [1.82, 2.24) is 35.5 Å². The fraction of sp³-hybridized carbons (Fsp3) is 0.143. The highest BCUT2D eigenvalue weighted by Gasteiger charge is 2.31. The summed E-state index contributed by atoms with van der Waals surface area (Å²) in [6, 6.07) is 14.0. The van der Waals surface area contributed by atoms with E-state index in [4.69, 9.17) is 17.2 Å². The van der Waals surface area contributed by atoms with E-state index in [-0.39, 0.29) is 5.91 Å². The number of carbonyl (C=O) groups excluding carboxylic acids is 1. The number of aromatic nitrogens is 6. The number of hydrogen-bond acceptors (Lipinski definition) is 7. The van der Waals surface area contributed by atoms with Crippen LogP contribution in [0.15, 0.2) is 53.6 Å². The van der Waals surface area contributed by atoms with Crippen molar-refractivity contribution in [3.8, 4) is 11.3 Å². The smallest absolute Gasteiger partial charge is 0.266 e. The van der Waals surface area contributed by atoms with Crippen LogP contribution in [-0.4, -0.2) is 52.3 Å². The molecule has 3 aromatic heterocycles. The maximum absolute atomic E-state index is 12.9. The van der Waals surface area contributed by atoms with Crippen molar-refractivity contribution in [3.63, 3.8) is 0 Å². The van der Waals surface area contributed by atoms with Crippen molar-refractivity contribution >= 4 is 51.2 Å². The Morgan fingerprint density at radius 2 is 2.13 bits per heavy atom. The SMILES string of the molecule is O=C1C(=Cc2cccc(-c3ccc4[nH]ccc4c3)n2)SC(=S)N1CCCc1nn[nH]n1. The van der Waals surface area contributed by atoms with Gasteiger partial charge in [-0.3, -0.25) is 9.69 Å². The van der Waals surface area contributed by atoms with Gasteiger partial charge in [0.25, 0.3) is 5.91 Å². The number of thioether (sulfide) groups is 1. The summed E-state index contributed by atoms with van der Waals surface area (Å²) in [5.41, 5.74) is 3.69. The third-order valence-electron chi connectivity index (χ3n) is 4.94. The van der Waals surface area contributed by atoms with Gasteiger partial charge in [0, 0.05) is 35.6 Å². The van der Waals surface area contributed by atoms with Gasteiger partial charge in [-0.05, 0) is 42.8 Å². The summed E-state index contributed by atoms with van der Waals surface area (Å²) < 4.78 is 0.554. The number of aromatic amines is 2. The van der Waals surface area contributed by atoms with Crippen LogP contribution >= 0.6 is 24.0 Å². The quantitative estimate of drug-likeness (QED) is 0.344. The van der Waals surface area contributed by atoms with Crippen LogP contribution in [0.4, 0.5) is 0 Å². The van der Waals surface area contributed by atoms with Crippen LogP contribution < -0.4 is 0 Å². The number of H-pyrrole nitrogens is 2. The van der Waals surface area contributed by atoms with E-state index in [1.54, 1.807) is 11.0 Å². The normalized spacial score (nSPS) is 15.5. The molecule has 4 aromatic rings. The summed E-state index contributed by atoms with van der Waals surface area (Å²) in [7, 11) is 0. The molecule has 2 N–H and O–H groups in total. The molecule has 0 unspecified atom stereocenters. The molecule has 4 heterocycles. The number of nitrogens with one attached hydrogen (secondary N) is 2. The lowest BCUT2D eigenvalue weighted by atomic mass is 10.1. The largest absolute Gasteiger partial charge is 0.361 e. The number of tetrazole rings is 1. The van der Waals surface area contributed by atoms with Gasteiger partial charge in [-0.25, -0.2) is 4.98 Å². The minimum atomic E-state index is -0.0935. The van der Waals surface area contributed by atoms with Gasteiger partial charge in [0.15, 0.2) is 5.82 Å². The summed E-state index contributed by atoms with van der Waals surface area (Å²) in [4.78, 5) is 23.0. The summed E-state index contributed by atoms with van der Waals surface area (Å²) >= 11 is 6.72. The van der Waals surface area contributed by atoms with Crippen molar-refractivity contribution < 1.29 is 4.79 Å². The number of amides is 1. The summed E-state index contributed by atoms with van der Waals surface area (Å²) in [6.07, 6.45) is 5.05. The van der Waals surface area contributed by atoms with Gasteiger partial charge in [-0.1, -0.05) is 41.3 Å². The Balaban J connectivity index is 1.32. The van der Waals surface area contributed by atoms with Crippen LogP contribution in [0.5, 0.6) is 0 Å². The molecule has 31 heavy (non-hydrogen) atoms. The Bertz CT molecular complexity index is 1300. The molecule has 8 nitrogen and oxygen atoms in total. The second-order valence-corrected chi connectivity index (χ2v) is 8.67. The number of nitrogens with zero attached hydrogens (tertiary/aromatic N) is 5. The Morgan fingerprint density at radius 1 is 1.19 bits per heavy atom. The van der Waals surface area contributed by atoms with E-state index in [2.05, 4.69) is 31.7 Å². The first-order valence-electron chi connectivity index (χ1n) is 9.70. The maximum Gasteiger partial charge on any atom is 0.266 e. The zero-order valence-corrected chi connectivity index (χ0v) is 17.9. The van der Waals surface area contributed by atoms with Crippen LogP contribution in [0, 0.1) is 0 Å². The summed E-state index contributed by atoms with van der Waals surface area (Å²) in [5.74, 6) is 0.531. The molecular formula is C21H17N7OS2. The monoisotopic (exact) mass is 447 g/mol. The summed E-state index contributed by atoms with van der Waals surface area (Å²) in [5, 5.41) is 14.9. The van der Waals surface area contributed by atoms with Gasteiger partial charge in [0.05, 0.1) is 16.3 Å². The van der Waals surface area contributed by atoms with E-state index in [0.717, 1.165) is 27.9 Å². The lowest BCUT2D eigenvalue weighted by Gasteiger charge is -2.13. The standard InChI is InChI=1S/C21H17N7OS2/c29-20-18(31-21(30)28(20)10-2-5-19-24-26-27-25-19)12-15-3-1-4-17(23-15)13-6-7-16-14(11-13)8-9-22-16/h1,3-4,6-9,11-12,22H,2,5,10H2,(H,24,25,26,27). The zero-order valence-electron chi connectivity index (χ0n) is 16.3. The van der Waals surface area contributed by atoms with Gasteiger partial charge in [-0.2, -0.15) is 5.21 Å². The number of pyridine rings is 1. The van der Waals surface area contributed by atoms with E-state index < -0.39 is 0 Å². The molecule has 1 aromatic carbocycles. The van der Waals surface area contributed by atoms with Crippen molar-refractivity contribution in [2.24, 2.45) is 0 Å². The second-order valence-electron chi connectivity index (χ2n) is 6.99. The molecule has 1 aliphatic rings. The van der Waals surface area contributed by atoms with Crippen molar-refractivity contribution in [3.05, 3.63) is 65.1 Å². The zero-order chi connectivity index (χ0) is 21.2. The van der Waals surface area contributed by atoms with E-state index >= 15 is 0 Å². The average Bonchev–Trinajstić information content (AvgIpc) is 3.51. The molecule has 1 fully saturated rings. The third kappa shape index (κ3) is 4.12. The van der Waals surface area contributed by atoms with Crippen LogP contribution in [0.25, 0.3) is 28.2 Å². The molecule has 1 aliphatic heterocycles. The molecule has 0 spiro atoms. The molecule has 1 saturated heterocycles. The van der Waals surface area contributed by atoms with Crippen molar-refractivity contribution in [2.45, 2.75) is 12.8 Å². The lowest BCUT2D eigenvalue weighted by molar-refractivity contribution is -0.122. The fourth-order valence-electron chi connectivity index (χ4n) is 3.42. The van der Waals surface area contributed by atoms with Gasteiger partial charge >= 0.3 is 0 Å². The third-order valence-corrected chi connectivity index (χ3v) is 6.32. The number of carbonyl (C=O) groups is 1. The number of hydrogen-bond donors (Lipinski definition) is 2. The van der Waals surface area contributed by atoms with Crippen molar-refractivity contribution in [2.75, 3.05) is 6.54 Å². The molecule has 0 aliphatic carbocycles. The molecule has 0 bridgehead atoms. The molecule has 10 heteroatoms. The first-order chi connectivity index (χ1) is 15.2. The number of benzene rings is 1. The minimum Gasteiger partial charge on any atom is -0.361 e. The van der Waals surface area contributed by atoms with Gasteiger partial charge in [0.1, 0.15) is 4.32 Å². The molecule has 5 rings (SSSR count). The molecular weight excluding hydrogens is 430 g/mol. The molecule has 1 amide bonds. The van der Waals surface area contributed by atoms with Crippen LogP contribution in [0.1, 0.15) is 17.9 Å². The summed E-state index contributed by atoms with van der Waals surface area (Å²) in [6.45, 7) is 0.515. The first-order valence-corrected chi connectivity index (χ1v) is 10.9. The van der Waals surface area contributed by atoms with Crippen molar-refractivity contribution in [1.29, 1.82) is 0 Å². The highest BCUT2D eigenvalue weighted by molar-refractivity contribution is 8.26. The molecule has 154 valence electrons. The van der Waals surface area contributed by atoms with E-state index in [9.17, 15) is 4.79 Å². The molecule has 0 radical (unpaired) electrons. The highest BCUT2D eigenvalue weighted by Crippen LogP contribution is 2.33. The highest BCUT2D eigenvalue weighted by atomic mass is 32.2. The Hall–Kier alpha value is -3.37.